The molecule has 0 spiro atoms. The summed E-state index contributed by atoms with van der Waals surface area (Å²) in [4.78, 5) is 8.01. The normalized spacial score (nSPS) is 12.6. The molecule has 2 aromatic rings. The van der Waals surface area contributed by atoms with Gasteiger partial charge in [0.25, 0.3) is 0 Å². The van der Waals surface area contributed by atoms with Gasteiger partial charge in [-0.3, -0.25) is 4.68 Å². The molecule has 2 rings (SSSR count). The first-order valence-electron chi connectivity index (χ1n) is 5.32. The molecule has 1 unspecified atom stereocenters. The first-order valence-corrected chi connectivity index (χ1v) is 5.32. The zero-order valence-corrected chi connectivity index (χ0v) is 9.24. The van der Waals surface area contributed by atoms with Gasteiger partial charge >= 0.3 is 0 Å². The molecule has 0 fully saturated rings. The predicted octanol–water partition coefficient (Wildman–Crippen LogP) is 0.936. The summed E-state index contributed by atoms with van der Waals surface area (Å²) in [7, 11) is 0. The van der Waals surface area contributed by atoms with E-state index in [1.54, 1.807) is 6.20 Å². The molecule has 84 valence electrons. The highest BCUT2D eigenvalue weighted by Gasteiger charge is 2.09. The molecule has 2 aromatic heterocycles. The average Bonchev–Trinajstić information content (AvgIpc) is 2.78. The van der Waals surface area contributed by atoms with E-state index in [1.165, 1.54) is 6.33 Å². The van der Waals surface area contributed by atoms with E-state index in [4.69, 9.17) is 5.73 Å². The smallest absolute Gasteiger partial charge is 0.115 e. The summed E-state index contributed by atoms with van der Waals surface area (Å²) in [6.07, 6.45) is 7.84. The van der Waals surface area contributed by atoms with E-state index < -0.39 is 0 Å². The van der Waals surface area contributed by atoms with Crippen molar-refractivity contribution in [2.24, 2.45) is 5.73 Å². The lowest BCUT2D eigenvalue weighted by atomic mass is 10.1. The highest BCUT2D eigenvalue weighted by Crippen LogP contribution is 2.12. The van der Waals surface area contributed by atoms with Crippen molar-refractivity contribution in [1.29, 1.82) is 0 Å². The van der Waals surface area contributed by atoms with Gasteiger partial charge < -0.3 is 5.73 Å². The second-order valence-electron chi connectivity index (χ2n) is 3.65. The van der Waals surface area contributed by atoms with Crippen molar-refractivity contribution < 1.29 is 0 Å². The number of aromatic nitrogens is 4. The van der Waals surface area contributed by atoms with E-state index in [0.717, 1.165) is 24.2 Å². The lowest BCUT2D eigenvalue weighted by Gasteiger charge is -2.08. The monoisotopic (exact) mass is 217 g/mol. The van der Waals surface area contributed by atoms with E-state index in [0.29, 0.717) is 0 Å². The van der Waals surface area contributed by atoms with Crippen LogP contribution in [0, 0.1) is 0 Å². The number of hydrogen-bond acceptors (Lipinski definition) is 4. The van der Waals surface area contributed by atoms with E-state index in [-0.39, 0.29) is 6.04 Å². The molecule has 16 heavy (non-hydrogen) atoms. The van der Waals surface area contributed by atoms with Crippen molar-refractivity contribution in [3.8, 4) is 0 Å². The number of aryl methyl sites for hydroxylation is 1. The van der Waals surface area contributed by atoms with Crippen molar-refractivity contribution >= 4 is 0 Å². The van der Waals surface area contributed by atoms with Gasteiger partial charge in [-0.2, -0.15) is 5.10 Å². The Balaban J connectivity index is 2.05. The molecule has 0 aliphatic heterocycles. The van der Waals surface area contributed by atoms with Crippen LogP contribution in [0.15, 0.2) is 31.0 Å². The first-order chi connectivity index (χ1) is 7.79. The minimum absolute atomic E-state index is 0.0995. The largest absolute Gasteiger partial charge is 0.322 e. The molecular weight excluding hydrogens is 202 g/mol. The number of rotatable bonds is 4. The molecule has 0 aromatic carbocycles. The second kappa shape index (κ2) is 4.85. The Bertz CT molecular complexity index is 437. The molecule has 2 heterocycles. The van der Waals surface area contributed by atoms with Crippen LogP contribution in [0.25, 0.3) is 0 Å². The maximum atomic E-state index is 6.05. The fraction of sp³-hybridized carbons (Fsp3) is 0.364. The topological polar surface area (TPSA) is 69.6 Å². The Morgan fingerprint density at radius 2 is 2.38 bits per heavy atom. The quantitative estimate of drug-likeness (QED) is 0.827. The molecule has 5 nitrogen and oxygen atoms in total. The molecule has 0 bridgehead atoms. The third kappa shape index (κ3) is 2.43. The van der Waals surface area contributed by atoms with Gasteiger partial charge in [0.15, 0.2) is 0 Å². The number of nitrogens with zero attached hydrogens (tertiary/aromatic N) is 4. The van der Waals surface area contributed by atoms with Gasteiger partial charge in [-0.1, -0.05) is 0 Å². The summed E-state index contributed by atoms with van der Waals surface area (Å²) in [6.45, 7) is 2.93. The standard InChI is InChI=1S/C11H15N5/c1-2-16-7-9(6-15-16)5-10(12)11-3-4-13-8-14-11/h3-4,6-8,10H,2,5,12H2,1H3. The van der Waals surface area contributed by atoms with Crippen molar-refractivity contribution in [2.45, 2.75) is 25.9 Å². The van der Waals surface area contributed by atoms with Gasteiger partial charge in [0.2, 0.25) is 0 Å². The summed E-state index contributed by atoms with van der Waals surface area (Å²) in [6, 6.07) is 1.74. The first kappa shape index (κ1) is 10.8. The summed E-state index contributed by atoms with van der Waals surface area (Å²) in [5, 5.41) is 4.21. The fourth-order valence-corrected chi connectivity index (χ4v) is 1.56. The molecule has 5 heteroatoms. The van der Waals surface area contributed by atoms with Crippen LogP contribution in [-0.4, -0.2) is 19.7 Å². The lowest BCUT2D eigenvalue weighted by Crippen LogP contribution is -2.14. The van der Waals surface area contributed by atoms with E-state index in [2.05, 4.69) is 22.0 Å². The van der Waals surface area contributed by atoms with Crippen LogP contribution in [-0.2, 0) is 13.0 Å². The summed E-state index contributed by atoms with van der Waals surface area (Å²) in [5.41, 5.74) is 8.04. The molecule has 0 aliphatic rings. The van der Waals surface area contributed by atoms with E-state index >= 15 is 0 Å². The van der Waals surface area contributed by atoms with Crippen LogP contribution in [0.2, 0.25) is 0 Å². The average molecular weight is 217 g/mol. The van der Waals surface area contributed by atoms with Crippen LogP contribution in [0.1, 0.15) is 24.2 Å². The molecule has 2 N–H and O–H groups in total. The molecule has 0 aliphatic carbocycles. The van der Waals surface area contributed by atoms with Gasteiger partial charge in [0.1, 0.15) is 6.33 Å². The highest BCUT2D eigenvalue weighted by molar-refractivity contribution is 5.12. The van der Waals surface area contributed by atoms with Crippen molar-refractivity contribution in [2.75, 3.05) is 0 Å². The van der Waals surface area contributed by atoms with E-state index in [1.807, 2.05) is 23.1 Å². The zero-order valence-electron chi connectivity index (χ0n) is 9.24. The van der Waals surface area contributed by atoms with Crippen LogP contribution in [0.5, 0.6) is 0 Å². The Morgan fingerprint density at radius 1 is 1.50 bits per heavy atom. The molecular formula is C11H15N5. The molecule has 0 radical (unpaired) electrons. The molecule has 0 saturated heterocycles. The van der Waals surface area contributed by atoms with Gasteiger partial charge in [-0.25, -0.2) is 9.97 Å². The van der Waals surface area contributed by atoms with Gasteiger partial charge in [0, 0.05) is 18.9 Å². The maximum absolute atomic E-state index is 6.05. The summed E-state index contributed by atoms with van der Waals surface area (Å²) >= 11 is 0. The third-order valence-electron chi connectivity index (χ3n) is 2.45. The second-order valence-corrected chi connectivity index (χ2v) is 3.65. The molecule has 0 saturated carbocycles. The Labute approximate surface area is 94.3 Å². The lowest BCUT2D eigenvalue weighted by molar-refractivity contribution is 0.656. The Kier molecular flexibility index (Phi) is 3.26. The number of hydrogen-bond donors (Lipinski definition) is 1. The molecule has 1 atom stereocenters. The minimum atomic E-state index is -0.0995. The summed E-state index contributed by atoms with van der Waals surface area (Å²) in [5.74, 6) is 0. The minimum Gasteiger partial charge on any atom is -0.322 e. The summed E-state index contributed by atoms with van der Waals surface area (Å²) < 4.78 is 1.89. The number of nitrogens with two attached hydrogens (primary N) is 1. The van der Waals surface area contributed by atoms with Gasteiger partial charge in [0.05, 0.1) is 17.9 Å². The van der Waals surface area contributed by atoms with Crippen LogP contribution >= 0.6 is 0 Å². The maximum Gasteiger partial charge on any atom is 0.115 e. The zero-order chi connectivity index (χ0) is 11.4. The SMILES string of the molecule is CCn1cc(CC(N)c2ccncn2)cn1. The Morgan fingerprint density at radius 3 is 3.00 bits per heavy atom. The van der Waals surface area contributed by atoms with Crippen molar-refractivity contribution in [1.82, 2.24) is 19.7 Å². The van der Waals surface area contributed by atoms with Crippen LogP contribution < -0.4 is 5.73 Å². The molecule has 0 amide bonds. The van der Waals surface area contributed by atoms with Crippen molar-refractivity contribution in [3.05, 3.63) is 42.2 Å². The van der Waals surface area contributed by atoms with Crippen molar-refractivity contribution in [3.63, 3.8) is 0 Å². The van der Waals surface area contributed by atoms with Crippen LogP contribution in [0.3, 0.4) is 0 Å². The van der Waals surface area contributed by atoms with E-state index in [9.17, 15) is 0 Å². The van der Waals surface area contributed by atoms with Gasteiger partial charge in [-0.05, 0) is 25.0 Å². The highest BCUT2D eigenvalue weighted by atomic mass is 15.3. The predicted molar refractivity (Wildman–Crippen MR) is 60.6 cm³/mol. The fourth-order valence-electron chi connectivity index (χ4n) is 1.56. The van der Waals surface area contributed by atoms with Gasteiger partial charge in [-0.15, -0.1) is 0 Å². The van der Waals surface area contributed by atoms with Crippen LogP contribution in [0.4, 0.5) is 0 Å². The third-order valence-corrected chi connectivity index (χ3v) is 2.45. The Hall–Kier alpha value is -1.75.